The smallest absolute Gasteiger partial charge is 0.358 e. The molecule has 0 aliphatic rings. The fraction of sp³-hybridized carbons (Fsp3) is 0.333. The average Bonchev–Trinajstić information content (AvgIpc) is 2.10. The average molecular weight is 244 g/mol. The third-order valence-electron chi connectivity index (χ3n) is 1.55. The molecule has 0 saturated heterocycles. The zero-order chi connectivity index (χ0) is 9.84. The summed E-state index contributed by atoms with van der Waals surface area (Å²) in [5, 5.41) is 0. The Morgan fingerprint density at radius 3 is 3.00 bits per heavy atom. The number of halogens is 1. The van der Waals surface area contributed by atoms with Crippen LogP contribution in [0.4, 0.5) is 0 Å². The van der Waals surface area contributed by atoms with Gasteiger partial charge in [0.1, 0.15) is 0 Å². The second-order valence-corrected chi connectivity index (χ2v) is 3.30. The summed E-state index contributed by atoms with van der Waals surface area (Å²) in [6.45, 7) is 4.02. The zero-order valence-electron chi connectivity index (χ0n) is 7.50. The zero-order valence-corrected chi connectivity index (χ0v) is 9.09. The topological polar surface area (TPSA) is 39.2 Å². The second kappa shape index (κ2) is 4.37. The van der Waals surface area contributed by atoms with Crippen LogP contribution in [0.15, 0.2) is 16.7 Å². The summed E-state index contributed by atoms with van der Waals surface area (Å²) in [6, 6.07) is 1.83. The Morgan fingerprint density at radius 1 is 1.69 bits per heavy atom. The van der Waals surface area contributed by atoms with E-state index in [-0.39, 0.29) is 0 Å². The van der Waals surface area contributed by atoms with Gasteiger partial charge in [0.25, 0.3) is 0 Å². The summed E-state index contributed by atoms with van der Waals surface area (Å²) in [5.41, 5.74) is 1.31. The Labute approximate surface area is 85.3 Å². The molecule has 4 heteroatoms. The van der Waals surface area contributed by atoms with Crippen molar-refractivity contribution in [2.75, 3.05) is 6.61 Å². The van der Waals surface area contributed by atoms with E-state index in [9.17, 15) is 4.79 Å². The van der Waals surface area contributed by atoms with Gasteiger partial charge in [0.2, 0.25) is 0 Å². The van der Waals surface area contributed by atoms with Crippen LogP contribution in [-0.4, -0.2) is 17.6 Å². The van der Waals surface area contributed by atoms with E-state index in [4.69, 9.17) is 4.74 Å². The number of carbonyl (C=O) groups excluding carboxylic acids is 1. The number of aryl methyl sites for hydroxylation is 1. The highest BCUT2D eigenvalue weighted by atomic mass is 79.9. The van der Waals surface area contributed by atoms with Crippen LogP contribution in [0.2, 0.25) is 0 Å². The van der Waals surface area contributed by atoms with Crippen LogP contribution in [0, 0.1) is 6.92 Å². The van der Waals surface area contributed by atoms with Crippen molar-refractivity contribution in [3.63, 3.8) is 0 Å². The van der Waals surface area contributed by atoms with Gasteiger partial charge in [0, 0.05) is 6.20 Å². The molecule has 3 nitrogen and oxygen atoms in total. The molecule has 0 amide bonds. The normalized spacial score (nSPS) is 9.77. The van der Waals surface area contributed by atoms with E-state index in [2.05, 4.69) is 20.9 Å². The van der Waals surface area contributed by atoms with Crippen molar-refractivity contribution in [1.82, 2.24) is 4.98 Å². The van der Waals surface area contributed by atoms with Gasteiger partial charge >= 0.3 is 5.97 Å². The van der Waals surface area contributed by atoms with Crippen LogP contribution < -0.4 is 0 Å². The van der Waals surface area contributed by atoms with E-state index >= 15 is 0 Å². The molecule has 0 bridgehead atoms. The molecule has 0 N–H and O–H groups in total. The first kappa shape index (κ1) is 10.2. The molecule has 0 spiro atoms. The van der Waals surface area contributed by atoms with E-state index in [0.29, 0.717) is 16.8 Å². The van der Waals surface area contributed by atoms with E-state index in [0.717, 1.165) is 5.56 Å². The third-order valence-corrected chi connectivity index (χ3v) is 2.55. The number of pyridine rings is 1. The quantitative estimate of drug-likeness (QED) is 0.749. The van der Waals surface area contributed by atoms with E-state index in [1.54, 1.807) is 13.1 Å². The van der Waals surface area contributed by atoms with Gasteiger partial charge < -0.3 is 4.74 Å². The van der Waals surface area contributed by atoms with Crippen molar-refractivity contribution in [1.29, 1.82) is 0 Å². The first-order valence-electron chi connectivity index (χ1n) is 3.95. The Hall–Kier alpha value is -0.900. The molecule has 0 unspecified atom stereocenters. The summed E-state index contributed by atoms with van der Waals surface area (Å²) < 4.78 is 5.53. The minimum Gasteiger partial charge on any atom is -0.461 e. The number of nitrogens with zero attached hydrogens (tertiary/aromatic N) is 1. The Morgan fingerprint density at radius 2 is 2.38 bits per heavy atom. The molecule has 0 aliphatic heterocycles. The van der Waals surface area contributed by atoms with E-state index < -0.39 is 5.97 Å². The Balaban J connectivity index is 3.01. The monoisotopic (exact) mass is 243 g/mol. The van der Waals surface area contributed by atoms with Gasteiger partial charge in [-0.05, 0) is 41.4 Å². The highest BCUT2D eigenvalue weighted by Gasteiger charge is 2.13. The van der Waals surface area contributed by atoms with E-state index in [1.807, 2.05) is 13.0 Å². The summed E-state index contributed by atoms with van der Waals surface area (Å²) in [5.74, 6) is -0.391. The van der Waals surface area contributed by atoms with Crippen LogP contribution in [-0.2, 0) is 4.74 Å². The lowest BCUT2D eigenvalue weighted by atomic mass is 10.2. The number of ether oxygens (including phenoxy) is 1. The number of rotatable bonds is 2. The van der Waals surface area contributed by atoms with Crippen LogP contribution in [0.25, 0.3) is 0 Å². The molecule has 0 aliphatic carbocycles. The molecule has 1 heterocycles. The standard InChI is InChI=1S/C9H10BrNO2/c1-3-13-9(12)8-7(10)6(2)4-5-11-8/h4-5H,3H2,1-2H3. The number of hydrogen-bond donors (Lipinski definition) is 0. The molecule has 13 heavy (non-hydrogen) atoms. The summed E-state index contributed by atoms with van der Waals surface area (Å²) in [4.78, 5) is 15.2. The number of hydrogen-bond acceptors (Lipinski definition) is 3. The van der Waals surface area contributed by atoms with Gasteiger partial charge in [-0.2, -0.15) is 0 Å². The molecule has 70 valence electrons. The predicted octanol–water partition coefficient (Wildman–Crippen LogP) is 2.33. The Bertz CT molecular complexity index is 325. The van der Waals surface area contributed by atoms with E-state index in [1.165, 1.54) is 0 Å². The largest absolute Gasteiger partial charge is 0.461 e. The lowest BCUT2D eigenvalue weighted by Crippen LogP contribution is -2.08. The molecule has 0 fully saturated rings. The van der Waals surface area contributed by atoms with Gasteiger partial charge in [-0.3, -0.25) is 0 Å². The summed E-state index contributed by atoms with van der Waals surface area (Å²) in [7, 11) is 0. The number of aromatic nitrogens is 1. The van der Waals surface area contributed by atoms with Crippen molar-refractivity contribution < 1.29 is 9.53 Å². The number of carbonyl (C=O) groups is 1. The maximum absolute atomic E-state index is 11.3. The lowest BCUT2D eigenvalue weighted by Gasteiger charge is -2.04. The fourth-order valence-corrected chi connectivity index (χ4v) is 1.28. The minimum atomic E-state index is -0.391. The molecule has 0 atom stereocenters. The van der Waals surface area contributed by atoms with Crippen LogP contribution >= 0.6 is 15.9 Å². The van der Waals surface area contributed by atoms with Gasteiger partial charge in [0.15, 0.2) is 5.69 Å². The second-order valence-electron chi connectivity index (χ2n) is 2.51. The highest BCUT2D eigenvalue weighted by molar-refractivity contribution is 9.10. The molecule has 1 aromatic rings. The van der Waals surface area contributed by atoms with Crippen LogP contribution in [0.3, 0.4) is 0 Å². The van der Waals surface area contributed by atoms with Gasteiger partial charge in [-0.15, -0.1) is 0 Å². The predicted molar refractivity (Wildman–Crippen MR) is 52.6 cm³/mol. The third kappa shape index (κ3) is 2.28. The van der Waals surface area contributed by atoms with Gasteiger partial charge in [-0.25, -0.2) is 9.78 Å². The highest BCUT2D eigenvalue weighted by Crippen LogP contribution is 2.19. The van der Waals surface area contributed by atoms with Crippen molar-refractivity contribution in [3.8, 4) is 0 Å². The van der Waals surface area contributed by atoms with Gasteiger partial charge in [0.05, 0.1) is 11.1 Å². The molecule has 1 rings (SSSR count). The molecule has 0 radical (unpaired) electrons. The van der Waals surface area contributed by atoms with Crippen molar-refractivity contribution in [3.05, 3.63) is 28.0 Å². The molecule has 1 aromatic heterocycles. The lowest BCUT2D eigenvalue weighted by molar-refractivity contribution is 0.0518. The molecule has 0 aromatic carbocycles. The Kier molecular flexibility index (Phi) is 3.42. The van der Waals surface area contributed by atoms with Crippen LogP contribution in [0.1, 0.15) is 23.0 Å². The maximum atomic E-state index is 11.3. The first-order chi connectivity index (χ1) is 6.16. The van der Waals surface area contributed by atoms with Crippen molar-refractivity contribution >= 4 is 21.9 Å². The van der Waals surface area contributed by atoms with Gasteiger partial charge in [-0.1, -0.05) is 0 Å². The van der Waals surface area contributed by atoms with Crippen LogP contribution in [0.5, 0.6) is 0 Å². The fourth-order valence-electron chi connectivity index (χ4n) is 0.882. The number of esters is 1. The first-order valence-corrected chi connectivity index (χ1v) is 4.74. The summed E-state index contributed by atoms with van der Waals surface area (Å²) in [6.07, 6.45) is 1.59. The minimum absolute atomic E-state index is 0.335. The summed E-state index contributed by atoms with van der Waals surface area (Å²) >= 11 is 3.29. The molecular formula is C9H10BrNO2. The maximum Gasteiger partial charge on any atom is 0.358 e. The van der Waals surface area contributed by atoms with Crippen molar-refractivity contribution in [2.24, 2.45) is 0 Å². The van der Waals surface area contributed by atoms with Crippen molar-refractivity contribution in [2.45, 2.75) is 13.8 Å². The molecule has 0 saturated carbocycles. The molecular weight excluding hydrogens is 234 g/mol. The SMILES string of the molecule is CCOC(=O)c1nccc(C)c1Br.